The molecule has 0 saturated heterocycles. The average molecular weight is 298 g/mol. The van der Waals surface area contributed by atoms with Crippen LogP contribution in [0.4, 0.5) is 5.69 Å². The summed E-state index contributed by atoms with van der Waals surface area (Å²) < 4.78 is 16.5. The normalized spacial score (nSPS) is 13.6. The predicted octanol–water partition coefficient (Wildman–Crippen LogP) is 1.55. The van der Waals surface area contributed by atoms with Gasteiger partial charge in [0.25, 0.3) is 5.91 Å². The van der Waals surface area contributed by atoms with Crippen molar-refractivity contribution < 1.29 is 13.7 Å². The van der Waals surface area contributed by atoms with Gasteiger partial charge in [-0.1, -0.05) is 6.07 Å². The van der Waals surface area contributed by atoms with E-state index >= 15 is 0 Å². The van der Waals surface area contributed by atoms with E-state index in [0.717, 1.165) is 0 Å². The Balaban J connectivity index is 2.78. The molecule has 0 aliphatic heterocycles. The Morgan fingerprint density at radius 2 is 2.20 bits per heavy atom. The molecule has 6 heteroatoms. The summed E-state index contributed by atoms with van der Waals surface area (Å²) in [6, 6.07) is 5.07. The molecule has 3 N–H and O–H groups in total. The lowest BCUT2D eigenvalue weighted by atomic mass is 10.1. The van der Waals surface area contributed by atoms with E-state index in [1.165, 1.54) is 0 Å². The van der Waals surface area contributed by atoms with Crippen molar-refractivity contribution >= 4 is 22.4 Å². The van der Waals surface area contributed by atoms with Gasteiger partial charge in [-0.3, -0.25) is 9.00 Å². The Morgan fingerprint density at radius 3 is 2.80 bits per heavy atom. The van der Waals surface area contributed by atoms with E-state index in [1.807, 2.05) is 13.8 Å². The van der Waals surface area contributed by atoms with Crippen LogP contribution in [0.2, 0.25) is 0 Å². The molecule has 1 amide bonds. The van der Waals surface area contributed by atoms with Crippen molar-refractivity contribution in [3.63, 3.8) is 0 Å². The van der Waals surface area contributed by atoms with Gasteiger partial charge in [0.15, 0.2) is 0 Å². The number of benzene rings is 1. The smallest absolute Gasteiger partial charge is 0.257 e. The number of hydrogen-bond donors (Lipinski definition) is 2. The van der Waals surface area contributed by atoms with Gasteiger partial charge in [0.2, 0.25) is 0 Å². The van der Waals surface area contributed by atoms with E-state index in [-0.39, 0.29) is 11.9 Å². The molecule has 0 fully saturated rings. The first-order chi connectivity index (χ1) is 9.45. The first-order valence-corrected chi connectivity index (χ1v) is 8.30. The molecule has 0 aromatic heterocycles. The summed E-state index contributed by atoms with van der Waals surface area (Å²) in [5.74, 6) is 0.779. The number of carbonyl (C=O) groups excluding carboxylic acids is 1. The van der Waals surface area contributed by atoms with Gasteiger partial charge in [0, 0.05) is 34.5 Å². The zero-order valence-electron chi connectivity index (χ0n) is 12.1. The lowest BCUT2D eigenvalue weighted by molar-refractivity contribution is 0.0936. The summed E-state index contributed by atoms with van der Waals surface area (Å²) in [5, 5.41) is 2.86. The molecule has 1 rings (SSSR count). The van der Waals surface area contributed by atoms with E-state index in [9.17, 15) is 9.00 Å². The molecule has 0 aliphatic rings. The minimum absolute atomic E-state index is 0.0690. The number of nitrogen functional groups attached to an aromatic ring is 1. The van der Waals surface area contributed by atoms with Gasteiger partial charge < -0.3 is 15.8 Å². The van der Waals surface area contributed by atoms with Crippen LogP contribution in [-0.4, -0.2) is 34.8 Å². The zero-order valence-corrected chi connectivity index (χ0v) is 13.0. The molecule has 5 nitrogen and oxygen atoms in total. The van der Waals surface area contributed by atoms with Gasteiger partial charge in [-0.2, -0.15) is 0 Å². The van der Waals surface area contributed by atoms with E-state index in [1.54, 1.807) is 24.5 Å². The quantitative estimate of drug-likeness (QED) is 0.748. The second-order valence-corrected chi connectivity index (χ2v) is 6.15. The molecular weight excluding hydrogens is 276 g/mol. The first kappa shape index (κ1) is 16.5. The highest BCUT2D eigenvalue weighted by atomic mass is 32.2. The van der Waals surface area contributed by atoms with E-state index in [0.29, 0.717) is 35.8 Å². The summed E-state index contributed by atoms with van der Waals surface area (Å²) >= 11 is 0. The average Bonchev–Trinajstić information content (AvgIpc) is 2.36. The van der Waals surface area contributed by atoms with E-state index in [4.69, 9.17) is 10.5 Å². The number of anilines is 1. The fourth-order valence-corrected chi connectivity index (χ4v) is 2.46. The third-order valence-corrected chi connectivity index (χ3v) is 3.61. The maximum atomic E-state index is 12.3. The number of hydrogen-bond acceptors (Lipinski definition) is 4. The zero-order chi connectivity index (χ0) is 15.1. The van der Waals surface area contributed by atoms with E-state index in [2.05, 4.69) is 5.32 Å². The molecule has 2 unspecified atom stereocenters. The van der Waals surface area contributed by atoms with Crippen molar-refractivity contribution in [2.75, 3.05) is 24.3 Å². The minimum Gasteiger partial charge on any atom is -0.493 e. The standard InChI is InChI=1S/C14H22N2O3S/c1-4-19-12-7-5-6-11(15)13(12)14(17)16-10(2)8-9-20(3)18/h5-7,10H,4,8-9,15H2,1-3H3,(H,16,17). The Labute approximate surface area is 122 Å². The lowest BCUT2D eigenvalue weighted by Crippen LogP contribution is -2.34. The summed E-state index contributed by atoms with van der Waals surface area (Å²) in [6.45, 7) is 4.20. The summed E-state index contributed by atoms with van der Waals surface area (Å²) in [6.07, 6.45) is 2.31. The number of nitrogens with one attached hydrogen (secondary N) is 1. The maximum absolute atomic E-state index is 12.3. The van der Waals surface area contributed by atoms with Gasteiger partial charge in [-0.15, -0.1) is 0 Å². The van der Waals surface area contributed by atoms with Crippen LogP contribution in [0.1, 0.15) is 30.6 Å². The highest BCUT2D eigenvalue weighted by Crippen LogP contribution is 2.24. The van der Waals surface area contributed by atoms with Crippen molar-refractivity contribution in [3.8, 4) is 5.75 Å². The number of ether oxygens (including phenoxy) is 1. The highest BCUT2D eigenvalue weighted by molar-refractivity contribution is 7.84. The van der Waals surface area contributed by atoms with Crippen LogP contribution in [-0.2, 0) is 10.8 Å². The fourth-order valence-electron chi connectivity index (χ4n) is 1.78. The molecular formula is C14H22N2O3S. The molecule has 0 bridgehead atoms. The molecule has 2 atom stereocenters. The van der Waals surface area contributed by atoms with Crippen LogP contribution in [0.3, 0.4) is 0 Å². The minimum atomic E-state index is -0.858. The first-order valence-electron chi connectivity index (χ1n) is 6.57. The molecule has 112 valence electrons. The topological polar surface area (TPSA) is 81.4 Å². The monoisotopic (exact) mass is 298 g/mol. The lowest BCUT2D eigenvalue weighted by Gasteiger charge is -2.16. The van der Waals surface area contributed by atoms with Crippen LogP contribution in [0, 0.1) is 0 Å². The van der Waals surface area contributed by atoms with Crippen LogP contribution < -0.4 is 15.8 Å². The SMILES string of the molecule is CCOc1cccc(N)c1C(=O)NC(C)CCS(C)=O. The second-order valence-electron chi connectivity index (χ2n) is 4.59. The van der Waals surface area contributed by atoms with Gasteiger partial charge in [-0.05, 0) is 32.4 Å². The van der Waals surface area contributed by atoms with Crippen LogP contribution >= 0.6 is 0 Å². The number of rotatable bonds is 7. The summed E-state index contributed by atoms with van der Waals surface area (Å²) in [4.78, 5) is 12.3. The van der Waals surface area contributed by atoms with Crippen molar-refractivity contribution in [2.45, 2.75) is 26.3 Å². The van der Waals surface area contributed by atoms with Crippen molar-refractivity contribution in [3.05, 3.63) is 23.8 Å². The highest BCUT2D eigenvalue weighted by Gasteiger charge is 2.17. The summed E-state index contributed by atoms with van der Waals surface area (Å²) in [5.41, 5.74) is 6.61. The maximum Gasteiger partial charge on any atom is 0.257 e. The Kier molecular flexibility index (Phi) is 6.51. The van der Waals surface area contributed by atoms with Crippen LogP contribution in [0.5, 0.6) is 5.75 Å². The van der Waals surface area contributed by atoms with Crippen molar-refractivity contribution in [1.29, 1.82) is 0 Å². The summed E-state index contributed by atoms with van der Waals surface area (Å²) in [7, 11) is -0.858. The third kappa shape index (κ3) is 4.85. The van der Waals surface area contributed by atoms with Gasteiger partial charge in [0.1, 0.15) is 11.3 Å². The van der Waals surface area contributed by atoms with Crippen molar-refractivity contribution in [1.82, 2.24) is 5.32 Å². The Morgan fingerprint density at radius 1 is 1.50 bits per heavy atom. The largest absolute Gasteiger partial charge is 0.493 e. The molecule has 0 saturated carbocycles. The van der Waals surface area contributed by atoms with Gasteiger partial charge >= 0.3 is 0 Å². The number of amides is 1. The molecule has 1 aromatic carbocycles. The molecule has 1 aromatic rings. The molecule has 0 heterocycles. The number of carbonyl (C=O) groups is 1. The predicted molar refractivity (Wildman–Crippen MR) is 82.5 cm³/mol. The van der Waals surface area contributed by atoms with Crippen LogP contribution in [0.25, 0.3) is 0 Å². The Bertz CT molecular complexity index is 491. The van der Waals surface area contributed by atoms with E-state index < -0.39 is 10.8 Å². The van der Waals surface area contributed by atoms with Gasteiger partial charge in [0.05, 0.1) is 6.61 Å². The molecule has 0 radical (unpaired) electrons. The Hall–Kier alpha value is -1.56. The van der Waals surface area contributed by atoms with Gasteiger partial charge in [-0.25, -0.2) is 0 Å². The molecule has 0 aliphatic carbocycles. The molecule has 20 heavy (non-hydrogen) atoms. The molecule has 0 spiro atoms. The van der Waals surface area contributed by atoms with Crippen molar-refractivity contribution in [2.24, 2.45) is 0 Å². The third-order valence-electron chi connectivity index (χ3n) is 2.80. The second kappa shape index (κ2) is 7.89. The fraction of sp³-hybridized carbons (Fsp3) is 0.500. The van der Waals surface area contributed by atoms with Crippen LogP contribution in [0.15, 0.2) is 18.2 Å². The number of nitrogens with two attached hydrogens (primary N) is 1.